The Morgan fingerprint density at radius 2 is 1.70 bits per heavy atom. The Morgan fingerprint density at radius 3 is 2.33 bits per heavy atom. The third kappa shape index (κ3) is 7.05. The van der Waals surface area contributed by atoms with Gasteiger partial charge in [-0.05, 0) is 61.8 Å². The van der Waals surface area contributed by atoms with Crippen LogP contribution in [0.5, 0.6) is 5.75 Å². The second kappa shape index (κ2) is 9.03. The van der Waals surface area contributed by atoms with E-state index in [0.29, 0.717) is 29.4 Å². The molecule has 0 radical (unpaired) electrons. The van der Waals surface area contributed by atoms with Crippen molar-refractivity contribution in [2.75, 3.05) is 12.3 Å². The summed E-state index contributed by atoms with van der Waals surface area (Å²) in [7, 11) is 0. The molecule has 2 N–H and O–H groups in total. The van der Waals surface area contributed by atoms with Gasteiger partial charge in [0.15, 0.2) is 0 Å². The first-order chi connectivity index (χ1) is 12.6. The van der Waals surface area contributed by atoms with E-state index in [0.717, 1.165) is 23.4 Å². The number of hydrogen-bond donors (Lipinski definition) is 1. The van der Waals surface area contributed by atoms with E-state index in [1.54, 1.807) is 0 Å². The van der Waals surface area contributed by atoms with E-state index in [-0.39, 0.29) is 0 Å². The summed E-state index contributed by atoms with van der Waals surface area (Å²) in [6.07, 6.45) is 2.18. The fraction of sp³-hybridized carbons (Fsp3) is 0.478. The Bertz CT molecular complexity index is 773. The second-order valence-corrected chi connectivity index (χ2v) is 8.72. The van der Waals surface area contributed by atoms with Crippen molar-refractivity contribution >= 4 is 17.1 Å². The van der Waals surface area contributed by atoms with Crippen molar-refractivity contribution in [3.8, 4) is 5.75 Å². The van der Waals surface area contributed by atoms with E-state index in [9.17, 15) is 0 Å². The number of anilines is 1. The van der Waals surface area contributed by atoms with Crippen molar-refractivity contribution in [1.29, 1.82) is 0 Å². The van der Waals surface area contributed by atoms with Gasteiger partial charge in [-0.15, -0.1) is 0 Å². The smallest absolute Gasteiger partial charge is 0.144 e. The standard InChI is InChI=1S/C23H33N3O/c1-16-7-9-19(10-8-16)25-26-21-14-22(20(24)13-18(21)3)27-12-11-17(2)15-23(4,5)6/h7-10,13-14,17H,11-12,15,24H2,1-6H3. The molecule has 1 atom stereocenters. The number of nitrogen functional groups attached to an aromatic ring is 1. The highest BCUT2D eigenvalue weighted by Crippen LogP contribution is 2.33. The molecule has 0 aliphatic carbocycles. The molecular weight excluding hydrogens is 334 g/mol. The maximum Gasteiger partial charge on any atom is 0.144 e. The fourth-order valence-corrected chi connectivity index (χ4v) is 3.17. The zero-order chi connectivity index (χ0) is 20.0. The summed E-state index contributed by atoms with van der Waals surface area (Å²) in [5, 5.41) is 8.72. The van der Waals surface area contributed by atoms with Gasteiger partial charge in [0.05, 0.1) is 23.7 Å². The SMILES string of the molecule is Cc1ccc(N=Nc2cc(OCCC(C)CC(C)(C)C)c(N)cc2C)cc1. The van der Waals surface area contributed by atoms with Crippen LogP contribution in [0.15, 0.2) is 46.6 Å². The van der Waals surface area contributed by atoms with Gasteiger partial charge in [-0.3, -0.25) is 0 Å². The van der Waals surface area contributed by atoms with Gasteiger partial charge >= 0.3 is 0 Å². The van der Waals surface area contributed by atoms with E-state index < -0.39 is 0 Å². The third-order valence-corrected chi connectivity index (χ3v) is 4.46. The van der Waals surface area contributed by atoms with E-state index in [4.69, 9.17) is 10.5 Å². The lowest BCUT2D eigenvalue weighted by molar-refractivity contribution is 0.241. The van der Waals surface area contributed by atoms with Crippen LogP contribution in [-0.2, 0) is 0 Å². The number of hydrogen-bond acceptors (Lipinski definition) is 4. The Kier molecular flexibility index (Phi) is 7.00. The molecule has 27 heavy (non-hydrogen) atoms. The predicted octanol–water partition coefficient (Wildman–Crippen LogP) is 7.14. The molecule has 2 rings (SSSR count). The van der Waals surface area contributed by atoms with Gasteiger partial charge in [0.2, 0.25) is 0 Å². The van der Waals surface area contributed by atoms with Crippen LogP contribution in [0.4, 0.5) is 17.1 Å². The molecule has 0 bridgehead atoms. The molecule has 4 nitrogen and oxygen atoms in total. The summed E-state index contributed by atoms with van der Waals surface area (Å²) in [4.78, 5) is 0. The van der Waals surface area contributed by atoms with Crippen LogP contribution in [0.25, 0.3) is 0 Å². The largest absolute Gasteiger partial charge is 0.491 e. The number of aryl methyl sites for hydroxylation is 2. The summed E-state index contributed by atoms with van der Waals surface area (Å²) in [5.74, 6) is 1.29. The maximum atomic E-state index is 6.14. The minimum Gasteiger partial charge on any atom is -0.491 e. The first kappa shape index (κ1) is 20.9. The summed E-state index contributed by atoms with van der Waals surface area (Å²) < 4.78 is 5.96. The van der Waals surface area contributed by atoms with Gasteiger partial charge in [0.1, 0.15) is 5.75 Å². The van der Waals surface area contributed by atoms with Crippen LogP contribution < -0.4 is 10.5 Å². The zero-order valence-corrected chi connectivity index (χ0v) is 17.5. The lowest BCUT2D eigenvalue weighted by Crippen LogP contribution is -2.13. The number of nitrogens with two attached hydrogens (primary N) is 1. The van der Waals surface area contributed by atoms with Crippen molar-refractivity contribution in [3.05, 3.63) is 47.5 Å². The molecule has 0 aliphatic rings. The first-order valence-electron chi connectivity index (χ1n) is 9.65. The highest BCUT2D eigenvalue weighted by atomic mass is 16.5. The molecular formula is C23H33N3O. The minimum absolute atomic E-state index is 0.339. The molecule has 0 aromatic heterocycles. The molecule has 0 saturated carbocycles. The van der Waals surface area contributed by atoms with Gasteiger partial charge in [-0.2, -0.15) is 10.2 Å². The number of ether oxygens (including phenoxy) is 1. The predicted molar refractivity (Wildman–Crippen MR) is 114 cm³/mol. The van der Waals surface area contributed by atoms with Crippen molar-refractivity contribution in [1.82, 2.24) is 0 Å². The van der Waals surface area contributed by atoms with Crippen LogP contribution in [-0.4, -0.2) is 6.61 Å². The lowest BCUT2D eigenvalue weighted by atomic mass is 9.84. The number of rotatable bonds is 7. The van der Waals surface area contributed by atoms with E-state index in [2.05, 4.69) is 44.8 Å². The quantitative estimate of drug-likeness (QED) is 0.417. The molecule has 146 valence electrons. The van der Waals surface area contributed by atoms with Crippen LogP contribution in [0, 0.1) is 25.2 Å². The van der Waals surface area contributed by atoms with Crippen LogP contribution in [0.3, 0.4) is 0 Å². The van der Waals surface area contributed by atoms with Crippen molar-refractivity contribution in [2.45, 2.75) is 54.4 Å². The average molecular weight is 368 g/mol. The summed E-state index contributed by atoms with van der Waals surface area (Å²) >= 11 is 0. The average Bonchev–Trinajstić information content (AvgIpc) is 2.55. The van der Waals surface area contributed by atoms with Gasteiger partial charge in [-0.25, -0.2) is 0 Å². The van der Waals surface area contributed by atoms with Crippen molar-refractivity contribution in [2.24, 2.45) is 21.6 Å². The molecule has 0 aliphatic heterocycles. The molecule has 4 heteroatoms. The maximum absolute atomic E-state index is 6.14. The van der Waals surface area contributed by atoms with E-state index >= 15 is 0 Å². The number of nitrogens with zero attached hydrogens (tertiary/aromatic N) is 2. The Labute approximate surface area is 163 Å². The molecule has 0 heterocycles. The second-order valence-electron chi connectivity index (χ2n) is 8.72. The van der Waals surface area contributed by atoms with Gasteiger partial charge in [-0.1, -0.05) is 45.4 Å². The van der Waals surface area contributed by atoms with Gasteiger partial charge in [0.25, 0.3) is 0 Å². The van der Waals surface area contributed by atoms with E-state index in [1.807, 2.05) is 43.3 Å². The minimum atomic E-state index is 0.339. The summed E-state index contributed by atoms with van der Waals surface area (Å²) in [6.45, 7) is 13.8. The van der Waals surface area contributed by atoms with Crippen LogP contribution in [0.2, 0.25) is 0 Å². The zero-order valence-electron chi connectivity index (χ0n) is 17.5. The normalized spacial score (nSPS) is 13.1. The monoisotopic (exact) mass is 367 g/mol. The van der Waals surface area contributed by atoms with Gasteiger partial charge < -0.3 is 10.5 Å². The highest BCUT2D eigenvalue weighted by Gasteiger charge is 2.15. The lowest BCUT2D eigenvalue weighted by Gasteiger charge is -2.23. The Hall–Kier alpha value is -2.36. The fourth-order valence-electron chi connectivity index (χ4n) is 3.17. The van der Waals surface area contributed by atoms with Crippen molar-refractivity contribution in [3.63, 3.8) is 0 Å². The molecule has 2 aromatic rings. The topological polar surface area (TPSA) is 60.0 Å². The molecule has 2 aromatic carbocycles. The molecule has 0 fully saturated rings. The van der Waals surface area contributed by atoms with Crippen molar-refractivity contribution < 1.29 is 4.74 Å². The number of azo groups is 1. The van der Waals surface area contributed by atoms with Crippen LogP contribution >= 0.6 is 0 Å². The first-order valence-corrected chi connectivity index (χ1v) is 9.65. The summed E-state index contributed by atoms with van der Waals surface area (Å²) in [6, 6.07) is 11.8. The highest BCUT2D eigenvalue weighted by molar-refractivity contribution is 5.63. The summed E-state index contributed by atoms with van der Waals surface area (Å²) in [5.41, 5.74) is 10.9. The molecule has 0 spiro atoms. The Morgan fingerprint density at radius 1 is 1.04 bits per heavy atom. The molecule has 0 saturated heterocycles. The van der Waals surface area contributed by atoms with E-state index in [1.165, 1.54) is 12.0 Å². The molecule has 1 unspecified atom stereocenters. The third-order valence-electron chi connectivity index (χ3n) is 4.46. The van der Waals surface area contributed by atoms with Crippen LogP contribution in [0.1, 0.15) is 51.7 Å². The Balaban J connectivity index is 2.03. The van der Waals surface area contributed by atoms with Gasteiger partial charge in [0, 0.05) is 6.07 Å². The number of benzene rings is 2. The molecule has 0 amide bonds.